The van der Waals surface area contributed by atoms with Crippen molar-refractivity contribution in [1.29, 1.82) is 0 Å². The van der Waals surface area contributed by atoms with Crippen molar-refractivity contribution in [3.8, 4) is 0 Å². The lowest BCUT2D eigenvalue weighted by Gasteiger charge is -2.32. The molecule has 1 aromatic rings. The van der Waals surface area contributed by atoms with Crippen molar-refractivity contribution in [3.05, 3.63) is 30.3 Å². The van der Waals surface area contributed by atoms with E-state index in [1.54, 1.807) is 0 Å². The molecule has 4 heteroatoms. The van der Waals surface area contributed by atoms with Crippen LogP contribution in [0.4, 0.5) is 5.69 Å². The zero-order valence-corrected chi connectivity index (χ0v) is 12.5. The second-order valence-corrected chi connectivity index (χ2v) is 5.76. The average Bonchev–Trinajstić information content (AvgIpc) is 2.42. The number of para-hydroxylation sites is 1. The summed E-state index contributed by atoms with van der Waals surface area (Å²) < 4.78 is 0. The van der Waals surface area contributed by atoms with Gasteiger partial charge in [0.15, 0.2) is 5.11 Å². The number of rotatable bonds is 3. The molecule has 0 saturated heterocycles. The number of nitrogens with zero attached hydrogens (tertiary/aromatic N) is 1. The molecule has 0 spiro atoms. The lowest BCUT2D eigenvalue weighted by atomic mass is 9.86. The first kappa shape index (κ1) is 14.1. The topological polar surface area (TPSA) is 27.3 Å². The predicted molar refractivity (Wildman–Crippen MR) is 85.1 cm³/mol. The van der Waals surface area contributed by atoms with Gasteiger partial charge in [-0.25, -0.2) is 0 Å². The van der Waals surface area contributed by atoms with Crippen LogP contribution in [-0.2, 0) is 0 Å². The van der Waals surface area contributed by atoms with E-state index in [-0.39, 0.29) is 0 Å². The predicted octanol–water partition coefficient (Wildman–Crippen LogP) is 3.08. The number of anilines is 1. The highest BCUT2D eigenvalue weighted by atomic mass is 32.1. The molecular formula is C15H23N3S. The Balaban J connectivity index is 1.84. The Morgan fingerprint density at radius 1 is 1.21 bits per heavy atom. The van der Waals surface area contributed by atoms with Gasteiger partial charge in [-0.1, -0.05) is 38.0 Å². The van der Waals surface area contributed by atoms with Crippen LogP contribution in [0.25, 0.3) is 0 Å². The fourth-order valence-corrected chi connectivity index (χ4v) is 2.89. The molecule has 2 N–H and O–H groups in total. The van der Waals surface area contributed by atoms with Crippen LogP contribution in [0.5, 0.6) is 0 Å². The molecular weight excluding hydrogens is 254 g/mol. The zero-order chi connectivity index (χ0) is 13.7. The van der Waals surface area contributed by atoms with Gasteiger partial charge in [0.2, 0.25) is 0 Å². The van der Waals surface area contributed by atoms with Crippen molar-refractivity contribution in [2.75, 3.05) is 12.1 Å². The Hall–Kier alpha value is -1.29. The highest BCUT2D eigenvalue weighted by Gasteiger charge is 2.21. The minimum absolute atomic E-state index is 0.512. The monoisotopic (exact) mass is 277 g/mol. The molecule has 1 aliphatic rings. The Morgan fingerprint density at radius 3 is 2.58 bits per heavy atom. The molecule has 3 nitrogen and oxygen atoms in total. The van der Waals surface area contributed by atoms with Crippen LogP contribution < -0.4 is 15.8 Å². The fraction of sp³-hybridized carbons (Fsp3) is 0.533. The zero-order valence-electron chi connectivity index (χ0n) is 11.7. The number of thiocarbonyl (C=S) groups is 1. The Kier molecular flexibility index (Phi) is 5.02. The van der Waals surface area contributed by atoms with Gasteiger partial charge in [0.25, 0.3) is 0 Å². The Bertz CT molecular complexity index is 407. The Labute approximate surface area is 121 Å². The van der Waals surface area contributed by atoms with Crippen LogP contribution in [0.1, 0.15) is 32.6 Å². The molecule has 2 atom stereocenters. The van der Waals surface area contributed by atoms with E-state index in [4.69, 9.17) is 12.2 Å². The molecule has 19 heavy (non-hydrogen) atoms. The fourth-order valence-electron chi connectivity index (χ4n) is 2.60. The van der Waals surface area contributed by atoms with Gasteiger partial charge in [-0.3, -0.25) is 10.4 Å². The second-order valence-electron chi connectivity index (χ2n) is 5.35. The van der Waals surface area contributed by atoms with Crippen molar-refractivity contribution >= 4 is 23.0 Å². The van der Waals surface area contributed by atoms with E-state index >= 15 is 0 Å². The first-order valence-electron chi connectivity index (χ1n) is 7.03. The van der Waals surface area contributed by atoms with E-state index in [2.05, 4.69) is 29.8 Å². The smallest absolute Gasteiger partial charge is 0.185 e. The molecule has 104 valence electrons. The van der Waals surface area contributed by atoms with Crippen LogP contribution in [0.3, 0.4) is 0 Å². The van der Waals surface area contributed by atoms with Crippen molar-refractivity contribution in [3.63, 3.8) is 0 Å². The third-order valence-corrected chi connectivity index (χ3v) is 4.05. The van der Waals surface area contributed by atoms with Crippen molar-refractivity contribution in [2.24, 2.45) is 5.92 Å². The third-order valence-electron chi connectivity index (χ3n) is 3.84. The van der Waals surface area contributed by atoms with Gasteiger partial charge in [-0.15, -0.1) is 0 Å². The molecule has 1 saturated carbocycles. The summed E-state index contributed by atoms with van der Waals surface area (Å²) in [6.45, 7) is 2.31. The van der Waals surface area contributed by atoms with Crippen LogP contribution in [0.2, 0.25) is 0 Å². The van der Waals surface area contributed by atoms with Crippen LogP contribution in [0, 0.1) is 5.92 Å². The molecule has 0 amide bonds. The lowest BCUT2D eigenvalue weighted by molar-refractivity contribution is 0.308. The molecule has 0 radical (unpaired) electrons. The normalized spacial score (nSPS) is 22.6. The minimum atomic E-state index is 0.512. The minimum Gasteiger partial charge on any atom is -0.358 e. The molecule has 0 bridgehead atoms. The second kappa shape index (κ2) is 6.75. The van der Waals surface area contributed by atoms with E-state index in [9.17, 15) is 0 Å². The van der Waals surface area contributed by atoms with Crippen LogP contribution >= 0.6 is 12.2 Å². The van der Waals surface area contributed by atoms with Gasteiger partial charge >= 0.3 is 0 Å². The van der Waals surface area contributed by atoms with E-state index in [1.165, 1.54) is 25.7 Å². The van der Waals surface area contributed by atoms with Crippen molar-refractivity contribution in [2.45, 2.75) is 38.6 Å². The van der Waals surface area contributed by atoms with Crippen LogP contribution in [-0.4, -0.2) is 18.2 Å². The maximum absolute atomic E-state index is 5.40. The molecule has 1 aliphatic carbocycles. The molecule has 0 unspecified atom stereocenters. The van der Waals surface area contributed by atoms with E-state index < -0.39 is 0 Å². The van der Waals surface area contributed by atoms with Crippen LogP contribution in [0.15, 0.2) is 30.3 Å². The first-order chi connectivity index (χ1) is 9.16. The summed E-state index contributed by atoms with van der Waals surface area (Å²) in [6, 6.07) is 10.7. The summed E-state index contributed by atoms with van der Waals surface area (Å²) in [6.07, 6.45) is 5.18. The molecule has 1 aromatic carbocycles. The SMILES string of the molecule is C[C@H]1CCCC[C@@H]1NC(=S)NN(C)c1ccccc1. The summed E-state index contributed by atoms with van der Waals surface area (Å²) >= 11 is 5.40. The van der Waals surface area contributed by atoms with Gasteiger partial charge in [-0.2, -0.15) is 0 Å². The lowest BCUT2D eigenvalue weighted by Crippen LogP contribution is -2.50. The average molecular weight is 277 g/mol. The van der Waals surface area contributed by atoms with Crippen molar-refractivity contribution in [1.82, 2.24) is 10.7 Å². The highest BCUT2D eigenvalue weighted by molar-refractivity contribution is 7.80. The van der Waals surface area contributed by atoms with Crippen molar-refractivity contribution < 1.29 is 0 Å². The summed E-state index contributed by atoms with van der Waals surface area (Å²) in [5.41, 5.74) is 4.32. The highest BCUT2D eigenvalue weighted by Crippen LogP contribution is 2.23. The number of hydrogen-bond donors (Lipinski definition) is 2. The van der Waals surface area contributed by atoms with Gasteiger partial charge in [0, 0.05) is 13.1 Å². The molecule has 0 aliphatic heterocycles. The van der Waals surface area contributed by atoms with Gasteiger partial charge in [0.05, 0.1) is 5.69 Å². The number of hydrazine groups is 1. The molecule has 2 rings (SSSR count). The summed E-state index contributed by atoms with van der Waals surface area (Å²) in [5.74, 6) is 0.704. The third kappa shape index (κ3) is 4.10. The van der Waals surface area contributed by atoms with E-state index in [1.807, 2.05) is 30.3 Å². The van der Waals surface area contributed by atoms with Gasteiger partial charge in [-0.05, 0) is 43.1 Å². The first-order valence-corrected chi connectivity index (χ1v) is 7.43. The largest absolute Gasteiger partial charge is 0.358 e. The molecule has 0 heterocycles. The quantitative estimate of drug-likeness (QED) is 0.656. The number of hydrogen-bond acceptors (Lipinski definition) is 2. The number of benzene rings is 1. The van der Waals surface area contributed by atoms with Gasteiger partial charge < -0.3 is 5.32 Å². The van der Waals surface area contributed by atoms with Gasteiger partial charge in [0.1, 0.15) is 0 Å². The standard InChI is InChI=1S/C15H23N3S/c1-12-8-6-7-11-14(12)16-15(19)17-18(2)13-9-4-3-5-10-13/h3-5,9-10,12,14H,6-8,11H2,1-2H3,(H2,16,17,19)/t12-,14-/m0/s1. The maximum Gasteiger partial charge on any atom is 0.185 e. The summed E-state index contributed by atoms with van der Waals surface area (Å²) in [7, 11) is 1.98. The van der Waals surface area contributed by atoms with E-state index in [0.29, 0.717) is 17.1 Å². The summed E-state index contributed by atoms with van der Waals surface area (Å²) in [4.78, 5) is 0. The van der Waals surface area contributed by atoms with E-state index in [0.717, 1.165) is 5.69 Å². The number of nitrogens with one attached hydrogen (secondary N) is 2. The summed E-state index contributed by atoms with van der Waals surface area (Å²) in [5, 5.41) is 6.11. The maximum atomic E-state index is 5.40. The molecule has 1 fully saturated rings. The Morgan fingerprint density at radius 2 is 1.89 bits per heavy atom. The molecule has 0 aromatic heterocycles.